The fraction of sp³-hybridized carbons (Fsp3) is 0.583. The minimum atomic E-state index is -0.244. The number of hydrogen-bond acceptors (Lipinski definition) is 2. The summed E-state index contributed by atoms with van der Waals surface area (Å²) in [4.78, 5) is 11.1. The molecular weight excluding hydrogens is 176 g/mol. The first-order valence-corrected chi connectivity index (χ1v) is 4.94. The third-order valence-corrected chi connectivity index (χ3v) is 2.05. The Hall–Kier alpha value is -1.05. The number of esters is 1. The Morgan fingerprint density at radius 3 is 2.21 bits per heavy atom. The summed E-state index contributed by atoms with van der Waals surface area (Å²) in [5, 5.41) is 0. The van der Waals surface area contributed by atoms with Gasteiger partial charge < -0.3 is 4.74 Å². The first kappa shape index (κ1) is 12.9. The Kier molecular flexibility index (Phi) is 5.93. The van der Waals surface area contributed by atoms with E-state index in [9.17, 15) is 4.79 Å². The van der Waals surface area contributed by atoms with Crippen molar-refractivity contribution in [1.82, 2.24) is 0 Å². The number of carbonyl (C=O) groups excluding carboxylic acids is 1. The minimum Gasteiger partial charge on any atom is -0.463 e. The quantitative estimate of drug-likeness (QED) is 0.392. The van der Waals surface area contributed by atoms with Gasteiger partial charge in [0.05, 0.1) is 6.61 Å². The summed E-state index contributed by atoms with van der Waals surface area (Å²) in [6.45, 7) is 10.4. The molecule has 14 heavy (non-hydrogen) atoms. The van der Waals surface area contributed by atoms with Gasteiger partial charge in [0.2, 0.25) is 0 Å². The second-order valence-corrected chi connectivity index (χ2v) is 3.70. The van der Waals surface area contributed by atoms with Crippen LogP contribution in [0.2, 0.25) is 0 Å². The fourth-order valence-electron chi connectivity index (χ4n) is 1.03. The van der Waals surface area contributed by atoms with Crippen LogP contribution in [0.25, 0.3) is 0 Å². The average Bonchev–Trinajstić information content (AvgIpc) is 2.03. The number of carbonyl (C=O) groups is 1. The minimum absolute atomic E-state index is 0.244. The van der Waals surface area contributed by atoms with Crippen LogP contribution in [0.4, 0.5) is 0 Å². The van der Waals surface area contributed by atoms with Crippen molar-refractivity contribution in [2.75, 3.05) is 6.61 Å². The highest BCUT2D eigenvalue weighted by Crippen LogP contribution is 2.13. The van der Waals surface area contributed by atoms with Gasteiger partial charge in [-0.2, -0.15) is 0 Å². The largest absolute Gasteiger partial charge is 0.463 e. The fourth-order valence-corrected chi connectivity index (χ4v) is 1.03. The Bertz CT molecular complexity index is 255. The van der Waals surface area contributed by atoms with Gasteiger partial charge in [0.25, 0.3) is 0 Å². The lowest BCUT2D eigenvalue weighted by Gasteiger charge is -2.04. The van der Waals surface area contributed by atoms with E-state index in [1.54, 1.807) is 6.08 Å². The van der Waals surface area contributed by atoms with Crippen molar-refractivity contribution >= 4 is 5.97 Å². The molecule has 0 fully saturated rings. The Balaban J connectivity index is 4.27. The molecule has 0 atom stereocenters. The van der Waals surface area contributed by atoms with Crippen molar-refractivity contribution in [3.63, 3.8) is 0 Å². The summed E-state index contributed by atoms with van der Waals surface area (Å²) in [5.41, 5.74) is 3.66. The molecule has 0 heterocycles. The lowest BCUT2D eigenvalue weighted by molar-refractivity contribution is -0.137. The molecule has 0 N–H and O–H groups in total. The predicted octanol–water partition coefficient (Wildman–Crippen LogP) is 3.24. The second kappa shape index (κ2) is 6.41. The van der Waals surface area contributed by atoms with Gasteiger partial charge in [0, 0.05) is 6.08 Å². The number of allylic oxidation sites excluding steroid dienone is 3. The van der Waals surface area contributed by atoms with Gasteiger partial charge in [-0.15, -0.1) is 0 Å². The van der Waals surface area contributed by atoms with E-state index in [1.165, 1.54) is 11.1 Å². The van der Waals surface area contributed by atoms with Crippen molar-refractivity contribution in [3.8, 4) is 0 Å². The zero-order chi connectivity index (χ0) is 11.1. The van der Waals surface area contributed by atoms with Crippen LogP contribution in [0.5, 0.6) is 0 Å². The first-order chi connectivity index (χ1) is 6.47. The van der Waals surface area contributed by atoms with Crippen LogP contribution in [0.15, 0.2) is 22.8 Å². The lowest BCUT2D eigenvalue weighted by atomic mass is 10.0. The molecule has 0 aromatic heterocycles. The summed E-state index contributed by atoms with van der Waals surface area (Å²) in [5.74, 6) is -0.244. The Labute approximate surface area is 86.6 Å². The molecule has 2 heteroatoms. The highest BCUT2D eigenvalue weighted by Gasteiger charge is 1.99. The zero-order valence-corrected chi connectivity index (χ0v) is 9.81. The van der Waals surface area contributed by atoms with Gasteiger partial charge in [-0.1, -0.05) is 16.7 Å². The van der Waals surface area contributed by atoms with Crippen molar-refractivity contribution in [2.24, 2.45) is 0 Å². The van der Waals surface area contributed by atoms with E-state index in [0.29, 0.717) is 6.61 Å². The highest BCUT2D eigenvalue weighted by atomic mass is 16.5. The van der Waals surface area contributed by atoms with Crippen LogP contribution >= 0.6 is 0 Å². The van der Waals surface area contributed by atoms with Gasteiger partial charge in [-0.05, 0) is 41.0 Å². The van der Waals surface area contributed by atoms with Crippen molar-refractivity contribution < 1.29 is 9.53 Å². The van der Waals surface area contributed by atoms with Gasteiger partial charge in [-0.25, -0.2) is 4.79 Å². The molecular formula is C12H20O2. The molecule has 0 aliphatic heterocycles. The Morgan fingerprint density at radius 1 is 1.21 bits per heavy atom. The van der Waals surface area contributed by atoms with Crippen LogP contribution in [-0.2, 0) is 9.53 Å². The van der Waals surface area contributed by atoms with Crippen LogP contribution in [0, 0.1) is 0 Å². The summed E-state index contributed by atoms with van der Waals surface area (Å²) < 4.78 is 4.82. The van der Waals surface area contributed by atoms with Crippen LogP contribution in [-0.4, -0.2) is 12.6 Å². The average molecular weight is 196 g/mol. The Morgan fingerprint density at radius 2 is 1.79 bits per heavy atom. The highest BCUT2D eigenvalue weighted by molar-refractivity contribution is 5.82. The standard InChI is InChI=1S/C12H20O2/c1-6-14-12(13)8-10(4)7-11(5)9(2)3/h8H,6-7H2,1-5H3/b10-8+. The number of rotatable bonds is 4. The summed E-state index contributed by atoms with van der Waals surface area (Å²) >= 11 is 0. The van der Waals surface area contributed by atoms with E-state index in [4.69, 9.17) is 4.74 Å². The van der Waals surface area contributed by atoms with E-state index in [1.807, 2.05) is 13.8 Å². The van der Waals surface area contributed by atoms with Gasteiger partial charge >= 0.3 is 5.97 Å². The first-order valence-electron chi connectivity index (χ1n) is 4.94. The molecule has 0 spiro atoms. The summed E-state index contributed by atoms with van der Waals surface area (Å²) in [6, 6.07) is 0. The van der Waals surface area contributed by atoms with Crippen LogP contribution < -0.4 is 0 Å². The maximum Gasteiger partial charge on any atom is 0.330 e. The molecule has 0 bridgehead atoms. The zero-order valence-electron chi connectivity index (χ0n) is 9.81. The molecule has 0 aliphatic rings. The number of hydrogen-bond donors (Lipinski definition) is 0. The molecule has 2 nitrogen and oxygen atoms in total. The molecule has 0 saturated carbocycles. The van der Waals surface area contributed by atoms with Crippen molar-refractivity contribution in [1.29, 1.82) is 0 Å². The van der Waals surface area contributed by atoms with E-state index < -0.39 is 0 Å². The lowest BCUT2D eigenvalue weighted by Crippen LogP contribution is -2.00. The molecule has 80 valence electrons. The third kappa shape index (κ3) is 5.57. The normalized spacial score (nSPS) is 11.1. The maximum absolute atomic E-state index is 11.1. The molecule has 0 aromatic carbocycles. The molecule has 0 aliphatic carbocycles. The molecule has 0 saturated heterocycles. The van der Waals surface area contributed by atoms with Gasteiger partial charge in [0.15, 0.2) is 0 Å². The number of ether oxygens (including phenoxy) is 1. The molecule has 0 radical (unpaired) electrons. The SMILES string of the molecule is CCOC(=O)/C=C(\C)CC(C)=C(C)C. The second-order valence-electron chi connectivity index (χ2n) is 3.70. The van der Waals surface area contributed by atoms with Crippen LogP contribution in [0.1, 0.15) is 41.0 Å². The molecule has 0 aromatic rings. The van der Waals surface area contributed by atoms with E-state index in [2.05, 4.69) is 20.8 Å². The van der Waals surface area contributed by atoms with E-state index in [-0.39, 0.29) is 5.97 Å². The molecule has 0 unspecified atom stereocenters. The summed E-state index contributed by atoms with van der Waals surface area (Å²) in [6.07, 6.45) is 2.41. The van der Waals surface area contributed by atoms with Crippen LogP contribution in [0.3, 0.4) is 0 Å². The van der Waals surface area contributed by atoms with Crippen molar-refractivity contribution in [3.05, 3.63) is 22.8 Å². The topological polar surface area (TPSA) is 26.3 Å². The third-order valence-electron chi connectivity index (χ3n) is 2.05. The van der Waals surface area contributed by atoms with Gasteiger partial charge in [-0.3, -0.25) is 0 Å². The molecule has 0 rings (SSSR count). The smallest absolute Gasteiger partial charge is 0.330 e. The monoisotopic (exact) mass is 196 g/mol. The van der Waals surface area contributed by atoms with E-state index in [0.717, 1.165) is 12.0 Å². The van der Waals surface area contributed by atoms with Gasteiger partial charge in [0.1, 0.15) is 0 Å². The summed E-state index contributed by atoms with van der Waals surface area (Å²) in [7, 11) is 0. The maximum atomic E-state index is 11.1. The predicted molar refractivity (Wildman–Crippen MR) is 59.1 cm³/mol. The molecule has 0 amide bonds. The van der Waals surface area contributed by atoms with E-state index >= 15 is 0 Å². The van der Waals surface area contributed by atoms with Crippen molar-refractivity contribution in [2.45, 2.75) is 41.0 Å².